The number of carbonyl (C=O) groups excluding carboxylic acids is 2. The molecule has 2 aromatic heterocycles. The van der Waals surface area contributed by atoms with Crippen LogP contribution in [0.2, 0.25) is 0 Å². The highest BCUT2D eigenvalue weighted by molar-refractivity contribution is 7.96. The third-order valence-corrected chi connectivity index (χ3v) is 6.18. The largest absolute Gasteiger partial charge is 0.368 e. The van der Waals surface area contributed by atoms with E-state index in [0.29, 0.717) is 42.1 Å². The molecule has 174 valence electrons. The molecule has 10 heteroatoms. The van der Waals surface area contributed by atoms with Gasteiger partial charge in [0.2, 0.25) is 5.91 Å². The number of piperidine rings is 1. The standard InChI is InChI=1S/C23H29N7O2S/c1-15(31)24-10-11-25-21-18-14-19(23(32)30-12-8-17(9-13-30)29-33-2)26-22(18)28-20(27-21)16-6-4-3-5-7-16/h3-7,14,17,29H,8-13H2,1-2H3,(H,24,31)(H2,25,26,27,28). The van der Waals surface area contributed by atoms with Crippen molar-refractivity contribution in [2.45, 2.75) is 25.8 Å². The number of aromatic amines is 1. The van der Waals surface area contributed by atoms with Crippen molar-refractivity contribution in [3.63, 3.8) is 0 Å². The lowest BCUT2D eigenvalue weighted by molar-refractivity contribution is -0.118. The summed E-state index contributed by atoms with van der Waals surface area (Å²) in [6, 6.07) is 12.0. The molecule has 4 rings (SSSR count). The summed E-state index contributed by atoms with van der Waals surface area (Å²) >= 11 is 1.62. The average molecular weight is 468 g/mol. The monoisotopic (exact) mass is 467 g/mol. The van der Waals surface area contributed by atoms with E-state index in [9.17, 15) is 9.59 Å². The van der Waals surface area contributed by atoms with Crippen molar-refractivity contribution in [1.29, 1.82) is 0 Å². The summed E-state index contributed by atoms with van der Waals surface area (Å²) in [5.74, 6) is 1.08. The molecule has 1 fully saturated rings. The van der Waals surface area contributed by atoms with Crippen LogP contribution < -0.4 is 15.4 Å². The zero-order valence-corrected chi connectivity index (χ0v) is 19.7. The van der Waals surface area contributed by atoms with E-state index < -0.39 is 0 Å². The molecule has 0 saturated carbocycles. The Morgan fingerprint density at radius 3 is 2.61 bits per heavy atom. The highest BCUT2D eigenvalue weighted by Crippen LogP contribution is 2.26. The molecule has 1 aromatic carbocycles. The summed E-state index contributed by atoms with van der Waals surface area (Å²) in [4.78, 5) is 38.9. The van der Waals surface area contributed by atoms with Crippen molar-refractivity contribution in [2.75, 3.05) is 37.8 Å². The molecule has 0 unspecified atom stereocenters. The van der Waals surface area contributed by atoms with E-state index in [0.717, 1.165) is 36.9 Å². The number of nitrogens with zero attached hydrogens (tertiary/aromatic N) is 3. The van der Waals surface area contributed by atoms with Crippen LogP contribution in [-0.4, -0.2) is 70.1 Å². The minimum Gasteiger partial charge on any atom is -0.368 e. The molecule has 1 saturated heterocycles. The number of hydrogen-bond acceptors (Lipinski definition) is 7. The Labute approximate surface area is 197 Å². The molecule has 0 bridgehead atoms. The van der Waals surface area contributed by atoms with Gasteiger partial charge in [0, 0.05) is 44.7 Å². The quantitative estimate of drug-likeness (QED) is 0.297. The van der Waals surface area contributed by atoms with Crippen LogP contribution in [0.25, 0.3) is 22.4 Å². The third-order valence-electron chi connectivity index (χ3n) is 5.61. The smallest absolute Gasteiger partial charge is 0.270 e. The number of H-pyrrole nitrogens is 1. The number of nitrogens with one attached hydrogen (secondary N) is 4. The van der Waals surface area contributed by atoms with Crippen LogP contribution in [0.5, 0.6) is 0 Å². The van der Waals surface area contributed by atoms with Crippen molar-refractivity contribution >= 4 is 40.6 Å². The number of amides is 2. The lowest BCUT2D eigenvalue weighted by Gasteiger charge is -2.31. The van der Waals surface area contributed by atoms with Gasteiger partial charge in [0.05, 0.1) is 5.39 Å². The van der Waals surface area contributed by atoms with Gasteiger partial charge >= 0.3 is 0 Å². The highest BCUT2D eigenvalue weighted by atomic mass is 32.2. The van der Waals surface area contributed by atoms with E-state index in [-0.39, 0.29) is 11.8 Å². The van der Waals surface area contributed by atoms with Gasteiger partial charge < -0.3 is 20.5 Å². The first-order valence-electron chi connectivity index (χ1n) is 11.1. The first kappa shape index (κ1) is 23.1. The Morgan fingerprint density at radius 1 is 1.15 bits per heavy atom. The number of rotatable bonds is 8. The molecular formula is C23H29N7O2S. The number of anilines is 1. The van der Waals surface area contributed by atoms with Crippen molar-refractivity contribution < 1.29 is 9.59 Å². The third kappa shape index (κ3) is 5.63. The normalized spacial score (nSPS) is 14.4. The van der Waals surface area contributed by atoms with Gasteiger partial charge in [-0.1, -0.05) is 42.3 Å². The second kappa shape index (κ2) is 10.7. The van der Waals surface area contributed by atoms with Gasteiger partial charge in [-0.15, -0.1) is 0 Å². The minimum absolute atomic E-state index is 0.0268. The zero-order valence-electron chi connectivity index (χ0n) is 18.9. The van der Waals surface area contributed by atoms with Crippen molar-refractivity contribution in [3.05, 3.63) is 42.1 Å². The Morgan fingerprint density at radius 2 is 1.91 bits per heavy atom. The first-order chi connectivity index (χ1) is 16.0. The molecule has 4 N–H and O–H groups in total. The maximum atomic E-state index is 13.2. The average Bonchev–Trinajstić information content (AvgIpc) is 3.27. The molecule has 0 atom stereocenters. The fourth-order valence-corrected chi connectivity index (χ4v) is 4.50. The molecular weight excluding hydrogens is 438 g/mol. The predicted molar refractivity (Wildman–Crippen MR) is 132 cm³/mol. The van der Waals surface area contributed by atoms with E-state index in [1.165, 1.54) is 6.92 Å². The topological polar surface area (TPSA) is 115 Å². The number of likely N-dealkylation sites (tertiary alicyclic amines) is 1. The van der Waals surface area contributed by atoms with Gasteiger partial charge in [0.15, 0.2) is 5.82 Å². The molecule has 3 heterocycles. The minimum atomic E-state index is -0.0827. The van der Waals surface area contributed by atoms with Gasteiger partial charge in [-0.3, -0.25) is 14.3 Å². The van der Waals surface area contributed by atoms with Gasteiger partial charge in [0.25, 0.3) is 5.91 Å². The summed E-state index contributed by atoms with van der Waals surface area (Å²) < 4.78 is 3.38. The van der Waals surface area contributed by atoms with E-state index in [1.54, 1.807) is 11.9 Å². The molecule has 2 amide bonds. The van der Waals surface area contributed by atoms with E-state index in [1.807, 2.05) is 47.6 Å². The fraction of sp³-hybridized carbons (Fsp3) is 0.391. The summed E-state index contributed by atoms with van der Waals surface area (Å²) in [6.45, 7) is 3.89. The molecule has 1 aliphatic rings. The van der Waals surface area contributed by atoms with E-state index in [4.69, 9.17) is 4.98 Å². The van der Waals surface area contributed by atoms with E-state index in [2.05, 4.69) is 25.3 Å². The maximum absolute atomic E-state index is 13.2. The van der Waals surface area contributed by atoms with Gasteiger partial charge in [-0.05, 0) is 25.2 Å². The van der Waals surface area contributed by atoms with Gasteiger partial charge in [-0.25, -0.2) is 9.97 Å². The summed E-state index contributed by atoms with van der Waals surface area (Å²) in [5, 5.41) is 6.80. The summed E-state index contributed by atoms with van der Waals surface area (Å²) in [5.41, 5.74) is 1.99. The zero-order chi connectivity index (χ0) is 23.2. The second-order valence-electron chi connectivity index (χ2n) is 8.01. The Kier molecular flexibility index (Phi) is 7.46. The Balaban J connectivity index is 1.59. The lowest BCUT2D eigenvalue weighted by Crippen LogP contribution is -2.43. The van der Waals surface area contributed by atoms with Crippen molar-refractivity contribution in [1.82, 2.24) is 29.9 Å². The number of aromatic nitrogens is 3. The fourth-order valence-electron chi connectivity index (χ4n) is 3.93. The Bertz CT molecular complexity index is 1110. The van der Waals surface area contributed by atoms with Crippen molar-refractivity contribution in [3.8, 4) is 11.4 Å². The maximum Gasteiger partial charge on any atom is 0.270 e. The van der Waals surface area contributed by atoms with Crippen LogP contribution in [-0.2, 0) is 4.79 Å². The molecule has 0 aliphatic carbocycles. The summed E-state index contributed by atoms with van der Waals surface area (Å²) in [7, 11) is 0. The van der Waals surface area contributed by atoms with Crippen LogP contribution in [0.15, 0.2) is 36.4 Å². The highest BCUT2D eigenvalue weighted by Gasteiger charge is 2.25. The molecule has 1 aliphatic heterocycles. The van der Waals surface area contributed by atoms with Crippen molar-refractivity contribution in [2.24, 2.45) is 0 Å². The number of hydrogen-bond donors (Lipinski definition) is 4. The van der Waals surface area contributed by atoms with Crippen LogP contribution in [0.3, 0.4) is 0 Å². The van der Waals surface area contributed by atoms with Crippen LogP contribution in [0.1, 0.15) is 30.3 Å². The summed E-state index contributed by atoms with van der Waals surface area (Å²) in [6.07, 6.45) is 3.88. The second-order valence-corrected chi connectivity index (χ2v) is 8.65. The number of fused-ring (bicyclic) bond motifs is 1. The lowest BCUT2D eigenvalue weighted by atomic mass is 10.1. The molecule has 0 radical (unpaired) electrons. The van der Waals surface area contributed by atoms with Crippen LogP contribution in [0.4, 0.5) is 5.82 Å². The number of carbonyl (C=O) groups is 2. The number of benzene rings is 1. The predicted octanol–water partition coefficient (Wildman–Crippen LogP) is 2.65. The molecule has 3 aromatic rings. The van der Waals surface area contributed by atoms with Gasteiger partial charge in [-0.2, -0.15) is 0 Å². The molecule has 33 heavy (non-hydrogen) atoms. The Hall–Kier alpha value is -3.11. The van der Waals surface area contributed by atoms with Gasteiger partial charge in [0.1, 0.15) is 17.2 Å². The van der Waals surface area contributed by atoms with E-state index >= 15 is 0 Å². The molecule has 9 nitrogen and oxygen atoms in total. The van der Waals surface area contributed by atoms with Crippen LogP contribution >= 0.6 is 11.9 Å². The van der Waals surface area contributed by atoms with Crippen LogP contribution in [0, 0.1) is 0 Å². The first-order valence-corrected chi connectivity index (χ1v) is 12.3. The molecule has 0 spiro atoms. The SMILES string of the molecule is CSNC1CCN(C(=O)c2cc3c(NCCNC(C)=O)nc(-c4ccccc4)nc3[nH]2)CC1.